The Bertz CT molecular complexity index is 611. The van der Waals surface area contributed by atoms with E-state index in [4.69, 9.17) is 5.53 Å². The van der Waals surface area contributed by atoms with Crippen molar-refractivity contribution in [2.75, 3.05) is 0 Å². The van der Waals surface area contributed by atoms with E-state index in [0.717, 1.165) is 21.9 Å². The molecule has 1 aliphatic rings. The number of hydrogen-bond donors (Lipinski definition) is 1. The monoisotopic (exact) mass is 211 g/mol. The molecule has 78 valence electrons. The number of azide groups is 1. The number of nitrogens with zero attached hydrogens (tertiary/aromatic N) is 3. The van der Waals surface area contributed by atoms with Crippen LogP contribution in [0.1, 0.15) is 23.3 Å². The summed E-state index contributed by atoms with van der Waals surface area (Å²) >= 11 is 0. The zero-order valence-corrected chi connectivity index (χ0v) is 8.41. The second kappa shape index (κ2) is 3.23. The van der Waals surface area contributed by atoms with Gasteiger partial charge in [-0.2, -0.15) is 0 Å². The standard InChI is InChI=1S/C12H9N3O/c13-15-14-11-8-5-1-3-7-4-2-6-9(10(7)8)12(11)16/h1-6,11-12,16H/t11-,12-/m1/s1. The van der Waals surface area contributed by atoms with Gasteiger partial charge in [0.25, 0.3) is 0 Å². The van der Waals surface area contributed by atoms with E-state index in [9.17, 15) is 5.11 Å². The third-order valence-corrected chi connectivity index (χ3v) is 3.08. The maximum absolute atomic E-state index is 10.1. The normalized spacial score (nSPS) is 22.1. The lowest BCUT2D eigenvalue weighted by atomic mass is 10.1. The minimum atomic E-state index is -0.725. The highest BCUT2D eigenvalue weighted by molar-refractivity contribution is 5.91. The van der Waals surface area contributed by atoms with E-state index in [-0.39, 0.29) is 0 Å². The molecule has 16 heavy (non-hydrogen) atoms. The van der Waals surface area contributed by atoms with Crippen LogP contribution in [0.25, 0.3) is 21.2 Å². The average molecular weight is 211 g/mol. The molecule has 3 rings (SSSR count). The molecular formula is C12H9N3O. The van der Waals surface area contributed by atoms with E-state index in [1.807, 2.05) is 36.4 Å². The van der Waals surface area contributed by atoms with Crippen molar-refractivity contribution in [2.45, 2.75) is 12.1 Å². The van der Waals surface area contributed by atoms with Gasteiger partial charge in [-0.05, 0) is 27.4 Å². The molecule has 4 nitrogen and oxygen atoms in total. The fraction of sp³-hybridized carbons (Fsp3) is 0.167. The van der Waals surface area contributed by atoms with Crippen LogP contribution in [0.5, 0.6) is 0 Å². The molecule has 2 aromatic rings. The predicted octanol–water partition coefficient (Wildman–Crippen LogP) is 3.24. The number of rotatable bonds is 1. The maximum atomic E-state index is 10.1. The van der Waals surface area contributed by atoms with Crippen LogP contribution >= 0.6 is 0 Å². The second-order valence-electron chi connectivity index (χ2n) is 3.89. The van der Waals surface area contributed by atoms with Crippen molar-refractivity contribution in [3.05, 3.63) is 58.0 Å². The van der Waals surface area contributed by atoms with E-state index in [0.29, 0.717) is 0 Å². The molecule has 2 atom stereocenters. The van der Waals surface area contributed by atoms with Crippen molar-refractivity contribution in [3.63, 3.8) is 0 Å². The Morgan fingerprint density at radius 3 is 2.50 bits per heavy atom. The minimum absolute atomic E-state index is 0.494. The van der Waals surface area contributed by atoms with Crippen molar-refractivity contribution in [3.8, 4) is 0 Å². The first-order valence-electron chi connectivity index (χ1n) is 5.07. The van der Waals surface area contributed by atoms with Gasteiger partial charge in [-0.15, -0.1) is 0 Å². The molecule has 0 aliphatic heterocycles. The van der Waals surface area contributed by atoms with Crippen LogP contribution < -0.4 is 0 Å². The van der Waals surface area contributed by atoms with Crippen LogP contribution in [0, 0.1) is 0 Å². The van der Waals surface area contributed by atoms with E-state index < -0.39 is 12.1 Å². The fourth-order valence-electron chi connectivity index (χ4n) is 2.41. The molecule has 0 heterocycles. The quantitative estimate of drug-likeness (QED) is 0.439. The van der Waals surface area contributed by atoms with Gasteiger partial charge in [0.1, 0.15) is 0 Å². The molecule has 2 aromatic carbocycles. The first-order valence-corrected chi connectivity index (χ1v) is 5.07. The Hall–Kier alpha value is -2.03. The Balaban J connectivity index is 2.39. The van der Waals surface area contributed by atoms with Crippen molar-refractivity contribution in [2.24, 2.45) is 5.11 Å². The topological polar surface area (TPSA) is 69.0 Å². The minimum Gasteiger partial charge on any atom is -0.388 e. The highest BCUT2D eigenvalue weighted by Crippen LogP contribution is 2.45. The predicted molar refractivity (Wildman–Crippen MR) is 60.8 cm³/mol. The van der Waals surface area contributed by atoms with Crippen LogP contribution in [0.15, 0.2) is 41.5 Å². The zero-order chi connectivity index (χ0) is 11.1. The Kier molecular flexibility index (Phi) is 1.86. The number of benzene rings is 2. The van der Waals surface area contributed by atoms with E-state index in [2.05, 4.69) is 10.0 Å². The molecule has 1 N–H and O–H groups in total. The highest BCUT2D eigenvalue weighted by atomic mass is 16.3. The molecule has 4 heteroatoms. The Morgan fingerprint density at radius 2 is 1.81 bits per heavy atom. The average Bonchev–Trinajstić information content (AvgIpc) is 2.58. The smallest absolute Gasteiger partial charge is 0.0933 e. The second-order valence-corrected chi connectivity index (χ2v) is 3.89. The van der Waals surface area contributed by atoms with E-state index in [1.165, 1.54) is 0 Å². The van der Waals surface area contributed by atoms with Crippen LogP contribution in [0.3, 0.4) is 0 Å². The summed E-state index contributed by atoms with van der Waals surface area (Å²) < 4.78 is 0. The molecular weight excluding hydrogens is 202 g/mol. The van der Waals surface area contributed by atoms with Gasteiger partial charge < -0.3 is 5.11 Å². The van der Waals surface area contributed by atoms with Gasteiger partial charge in [-0.25, -0.2) is 0 Å². The summed E-state index contributed by atoms with van der Waals surface area (Å²) in [6.45, 7) is 0. The van der Waals surface area contributed by atoms with Crippen molar-refractivity contribution in [1.29, 1.82) is 0 Å². The fourth-order valence-corrected chi connectivity index (χ4v) is 2.41. The van der Waals surface area contributed by atoms with Gasteiger partial charge >= 0.3 is 0 Å². The summed E-state index contributed by atoms with van der Waals surface area (Å²) in [5, 5.41) is 15.9. The van der Waals surface area contributed by atoms with Gasteiger partial charge in [0.05, 0.1) is 12.1 Å². The van der Waals surface area contributed by atoms with Gasteiger partial charge in [0.15, 0.2) is 0 Å². The molecule has 0 saturated heterocycles. The van der Waals surface area contributed by atoms with Gasteiger partial charge in [0.2, 0.25) is 0 Å². The summed E-state index contributed by atoms with van der Waals surface area (Å²) in [7, 11) is 0. The van der Waals surface area contributed by atoms with Crippen molar-refractivity contribution in [1.82, 2.24) is 0 Å². The Morgan fingerprint density at radius 1 is 1.12 bits per heavy atom. The molecule has 0 aromatic heterocycles. The molecule has 0 saturated carbocycles. The summed E-state index contributed by atoms with van der Waals surface area (Å²) in [6.07, 6.45) is -0.725. The SMILES string of the molecule is [N-]=[N+]=N[C@@H]1c2cccc3cccc(c23)[C@H]1O. The number of hydrogen-bond acceptors (Lipinski definition) is 2. The number of aliphatic hydroxyl groups excluding tert-OH is 1. The lowest BCUT2D eigenvalue weighted by molar-refractivity contribution is 0.155. The summed E-state index contributed by atoms with van der Waals surface area (Å²) in [6, 6.07) is 11.1. The van der Waals surface area contributed by atoms with Crippen molar-refractivity contribution < 1.29 is 5.11 Å². The molecule has 1 aliphatic carbocycles. The van der Waals surface area contributed by atoms with Gasteiger partial charge in [0, 0.05) is 4.91 Å². The van der Waals surface area contributed by atoms with Gasteiger partial charge in [-0.1, -0.05) is 41.5 Å². The van der Waals surface area contributed by atoms with Crippen LogP contribution in [0.2, 0.25) is 0 Å². The van der Waals surface area contributed by atoms with Crippen LogP contribution in [0.4, 0.5) is 0 Å². The lowest BCUT2D eigenvalue weighted by Gasteiger charge is -2.09. The third kappa shape index (κ3) is 1.05. The van der Waals surface area contributed by atoms with Crippen molar-refractivity contribution >= 4 is 10.8 Å². The summed E-state index contributed by atoms with van der Waals surface area (Å²) in [5.74, 6) is 0. The van der Waals surface area contributed by atoms with E-state index >= 15 is 0 Å². The number of aliphatic hydroxyl groups is 1. The first-order chi connectivity index (χ1) is 7.83. The molecule has 0 bridgehead atoms. The van der Waals surface area contributed by atoms with Crippen LogP contribution in [-0.4, -0.2) is 5.11 Å². The zero-order valence-electron chi connectivity index (χ0n) is 8.41. The summed E-state index contributed by atoms with van der Waals surface area (Å²) in [5.41, 5.74) is 10.3. The first kappa shape index (κ1) is 9.21. The molecule has 0 radical (unpaired) electrons. The Labute approximate surface area is 91.8 Å². The molecule has 0 spiro atoms. The molecule has 0 amide bonds. The van der Waals surface area contributed by atoms with E-state index in [1.54, 1.807) is 0 Å². The molecule has 0 fully saturated rings. The summed E-state index contributed by atoms with van der Waals surface area (Å²) in [4.78, 5) is 2.80. The third-order valence-electron chi connectivity index (χ3n) is 3.08. The van der Waals surface area contributed by atoms with Gasteiger partial charge in [-0.3, -0.25) is 0 Å². The highest BCUT2D eigenvalue weighted by Gasteiger charge is 2.31. The maximum Gasteiger partial charge on any atom is 0.0933 e. The lowest BCUT2D eigenvalue weighted by Crippen LogP contribution is -2.00. The largest absolute Gasteiger partial charge is 0.388 e. The molecule has 0 unspecified atom stereocenters. The van der Waals surface area contributed by atoms with Crippen LogP contribution in [-0.2, 0) is 0 Å².